The summed E-state index contributed by atoms with van der Waals surface area (Å²) in [5.74, 6) is 0. The zero-order chi connectivity index (χ0) is 11.4. The van der Waals surface area contributed by atoms with Crippen molar-refractivity contribution in [3.63, 3.8) is 0 Å². The van der Waals surface area contributed by atoms with E-state index < -0.39 is 26.2 Å². The summed E-state index contributed by atoms with van der Waals surface area (Å²) in [5.41, 5.74) is 0. The molecule has 0 spiro atoms. The predicted octanol–water partition coefficient (Wildman–Crippen LogP) is 0.381. The second-order valence-electron chi connectivity index (χ2n) is 0.617. The minimum atomic E-state index is -3.10. The summed E-state index contributed by atoms with van der Waals surface area (Å²) < 4.78 is 64.3. The van der Waals surface area contributed by atoms with E-state index in [9.17, 15) is 0 Å². The Hall–Kier alpha value is -0.0800. The third-order valence-electron chi connectivity index (χ3n) is 0.287. The second-order valence-corrected chi connectivity index (χ2v) is 0.617. The van der Waals surface area contributed by atoms with Crippen LogP contribution in [-0.4, -0.2) is 19.9 Å². The summed E-state index contributed by atoms with van der Waals surface area (Å²) in [6.07, 6.45) is -3.09. The first kappa shape index (κ1) is 0.740. The van der Waals surface area contributed by atoms with Gasteiger partial charge in [-0.05, 0) is 6.37 Å². The molecule has 0 atom stereocenters. The lowest BCUT2D eigenvalue weighted by atomic mass is 10.5. The Morgan fingerprint density at radius 3 is 2.67 bits per heavy atom. The third-order valence-corrected chi connectivity index (χ3v) is 0.287. The van der Waals surface area contributed by atoms with Gasteiger partial charge in [-0.2, -0.15) is 0 Å². The molecule has 1 saturated heterocycles. The monoisotopic (exact) mass is 96.1 g/mol. The van der Waals surface area contributed by atoms with E-state index in [2.05, 4.69) is 9.47 Å². The van der Waals surface area contributed by atoms with E-state index in [1.165, 1.54) is 0 Å². The van der Waals surface area contributed by atoms with Gasteiger partial charge in [0.1, 0.15) is 6.75 Å². The average Bonchev–Trinajstić information content (AvgIpc) is 1.77. The third kappa shape index (κ3) is 0.954. The maximum atomic E-state index is 7.11. The fourth-order valence-corrected chi connectivity index (χ4v) is 0.134. The van der Waals surface area contributed by atoms with Gasteiger partial charge in [0.2, 0.25) is 0 Å². The van der Waals surface area contributed by atoms with Gasteiger partial charge in [-0.15, -0.1) is 0 Å². The van der Waals surface area contributed by atoms with Gasteiger partial charge in [-0.1, -0.05) is 0 Å². The molecule has 0 saturated carbocycles. The fraction of sp³-hybridized carbons (Fsp3) is 1.00. The standard InChI is InChI=1S/C4H8O2/c1-2-5-4-6-3-1/h1-4H2/i1D2,2D2,3D2,4D2. The van der Waals surface area contributed by atoms with Gasteiger partial charge in [0, 0.05) is 2.74 Å². The molecule has 0 amide bonds. The smallest absolute Gasteiger partial charge is 0.146 e. The largest absolute Gasteiger partial charge is 0.355 e. The molecule has 1 rings (SSSR count). The summed E-state index contributed by atoms with van der Waals surface area (Å²) in [6, 6.07) is 0. The molecule has 2 heteroatoms. The molecule has 0 aromatic rings. The number of hydrogen-bond donors (Lipinski definition) is 0. The molecule has 36 valence electrons. The molecule has 0 unspecified atom stereocenters. The van der Waals surface area contributed by atoms with Gasteiger partial charge < -0.3 is 9.47 Å². The Kier molecular flexibility index (Phi) is 0.266. The number of rotatable bonds is 0. The van der Waals surface area contributed by atoms with E-state index in [0.717, 1.165) is 0 Å². The number of hydrogen-bond acceptors (Lipinski definition) is 2. The highest BCUT2D eigenvalue weighted by molar-refractivity contribution is 4.34. The molecular weight excluding hydrogens is 80.0 g/mol. The van der Waals surface area contributed by atoms with Crippen molar-refractivity contribution in [3.05, 3.63) is 0 Å². The predicted molar refractivity (Wildman–Crippen MR) is 21.4 cm³/mol. The molecule has 1 heterocycles. The first-order valence-electron chi connectivity index (χ1n) is 5.32. The minimum absolute atomic E-state index is 2.99. The van der Waals surface area contributed by atoms with Crippen LogP contribution in [0.2, 0.25) is 0 Å². The average molecular weight is 96.2 g/mol. The maximum absolute atomic E-state index is 7.11. The quantitative estimate of drug-likeness (QED) is 0.434. The van der Waals surface area contributed by atoms with Gasteiger partial charge >= 0.3 is 0 Å². The van der Waals surface area contributed by atoms with Crippen LogP contribution < -0.4 is 0 Å². The Bertz CT molecular complexity index is 226. The molecule has 1 aliphatic rings. The van der Waals surface area contributed by atoms with Crippen molar-refractivity contribution in [2.75, 3.05) is 19.9 Å². The van der Waals surface area contributed by atoms with Crippen LogP contribution in [0.25, 0.3) is 0 Å². The molecule has 6 heavy (non-hydrogen) atoms. The van der Waals surface area contributed by atoms with Crippen LogP contribution in [0.3, 0.4) is 0 Å². The Morgan fingerprint density at radius 2 is 2.00 bits per heavy atom. The molecule has 2 nitrogen and oxygen atoms in total. The molecular formula is C4H8O2. The summed E-state index contributed by atoms with van der Waals surface area (Å²) in [7, 11) is 0. The van der Waals surface area contributed by atoms with Gasteiger partial charge in [-0.25, -0.2) is 0 Å². The van der Waals surface area contributed by atoms with Gasteiger partial charge in [-0.3, -0.25) is 0 Å². The highest BCUT2D eigenvalue weighted by atomic mass is 16.7. The summed E-state index contributed by atoms with van der Waals surface area (Å²) in [5, 5.41) is 0. The Balaban J connectivity index is 3.13. The topological polar surface area (TPSA) is 18.5 Å². The van der Waals surface area contributed by atoms with Crippen molar-refractivity contribution < 1.29 is 20.4 Å². The molecule has 0 N–H and O–H groups in total. The van der Waals surface area contributed by atoms with Crippen LogP contribution in [0.1, 0.15) is 17.3 Å². The molecule has 0 aromatic heterocycles. The van der Waals surface area contributed by atoms with Crippen LogP contribution >= 0.6 is 0 Å². The lowest BCUT2D eigenvalue weighted by Crippen LogP contribution is -2.11. The van der Waals surface area contributed by atoms with Crippen molar-refractivity contribution in [3.8, 4) is 0 Å². The first-order valence-corrected chi connectivity index (χ1v) is 1.32. The molecule has 0 aliphatic carbocycles. The first-order chi connectivity index (χ1) is 5.91. The van der Waals surface area contributed by atoms with Gasteiger partial charge in [0.25, 0.3) is 0 Å². The lowest BCUT2D eigenvalue weighted by Gasteiger charge is -2.09. The van der Waals surface area contributed by atoms with E-state index in [-0.39, 0.29) is 0 Å². The van der Waals surface area contributed by atoms with Crippen LogP contribution in [0.4, 0.5) is 0 Å². The van der Waals surface area contributed by atoms with Crippen molar-refractivity contribution in [2.24, 2.45) is 0 Å². The van der Waals surface area contributed by atoms with E-state index in [4.69, 9.17) is 11.0 Å². The second kappa shape index (κ2) is 2.16. The molecule has 1 fully saturated rings. The van der Waals surface area contributed by atoms with Crippen LogP contribution in [-0.2, 0) is 9.47 Å². The highest BCUT2D eigenvalue weighted by Crippen LogP contribution is 1.91. The van der Waals surface area contributed by atoms with Crippen molar-refractivity contribution >= 4 is 0 Å². The van der Waals surface area contributed by atoms with E-state index in [0.29, 0.717) is 0 Å². The fourth-order valence-electron chi connectivity index (χ4n) is 0.134. The van der Waals surface area contributed by atoms with Crippen molar-refractivity contribution in [1.29, 1.82) is 0 Å². The van der Waals surface area contributed by atoms with Gasteiger partial charge in [0.15, 0.2) is 0 Å². The van der Waals surface area contributed by atoms with Crippen LogP contribution in [0.5, 0.6) is 0 Å². The van der Waals surface area contributed by atoms with E-state index in [1.54, 1.807) is 0 Å². The zero-order valence-electron chi connectivity index (χ0n) is 10.8. The highest BCUT2D eigenvalue weighted by Gasteiger charge is 1.94. The Morgan fingerprint density at radius 1 is 1.33 bits per heavy atom. The zero-order valence-corrected chi connectivity index (χ0v) is 2.82. The molecule has 0 radical (unpaired) electrons. The van der Waals surface area contributed by atoms with Crippen molar-refractivity contribution in [2.45, 2.75) is 6.37 Å². The Labute approximate surface area is 48.3 Å². The lowest BCUT2D eigenvalue weighted by molar-refractivity contribution is -0.0963. The molecule has 0 aromatic carbocycles. The van der Waals surface area contributed by atoms with Crippen LogP contribution in [0.15, 0.2) is 0 Å². The summed E-state index contributed by atoms with van der Waals surface area (Å²) >= 11 is 0. The van der Waals surface area contributed by atoms with E-state index in [1.807, 2.05) is 0 Å². The van der Waals surface area contributed by atoms with Crippen molar-refractivity contribution in [1.82, 2.24) is 0 Å². The number of ether oxygens (including phenoxy) is 2. The normalized spacial score (nSPS) is 77.3. The van der Waals surface area contributed by atoms with Crippen LogP contribution in [0, 0.1) is 0 Å². The minimum Gasteiger partial charge on any atom is -0.355 e. The molecule has 1 aliphatic heterocycles. The summed E-state index contributed by atoms with van der Waals surface area (Å²) in [6.45, 7) is -9.19. The summed E-state index contributed by atoms with van der Waals surface area (Å²) in [4.78, 5) is 0. The molecule has 0 bridgehead atoms. The maximum Gasteiger partial charge on any atom is 0.146 e. The van der Waals surface area contributed by atoms with E-state index >= 15 is 0 Å². The van der Waals surface area contributed by atoms with Gasteiger partial charge in [0.05, 0.1) is 21.3 Å². The SMILES string of the molecule is [2H]C1([2H])OC([2H])([2H])C([2H])([2H])C([2H])([2H])O1.